The summed E-state index contributed by atoms with van der Waals surface area (Å²) in [4.78, 5) is 5.88. The maximum Gasteiger partial charge on any atom is 0.0959 e. The van der Waals surface area contributed by atoms with E-state index >= 15 is 0 Å². The van der Waals surface area contributed by atoms with E-state index in [2.05, 4.69) is 24.1 Å². The molecule has 0 spiro atoms. The summed E-state index contributed by atoms with van der Waals surface area (Å²) in [5.74, 6) is 1.02. The number of thiazole rings is 1. The summed E-state index contributed by atoms with van der Waals surface area (Å²) in [5.41, 5.74) is 0. The summed E-state index contributed by atoms with van der Waals surface area (Å²) in [5, 5.41) is 13.9. The lowest BCUT2D eigenvalue weighted by molar-refractivity contribution is 0.207. The fourth-order valence-corrected chi connectivity index (χ4v) is 3.42. The van der Waals surface area contributed by atoms with Gasteiger partial charge in [-0.2, -0.15) is 0 Å². The van der Waals surface area contributed by atoms with Crippen LogP contribution in [0.5, 0.6) is 0 Å². The molecule has 1 aromatic rings. The van der Waals surface area contributed by atoms with Crippen LogP contribution < -0.4 is 5.32 Å². The fraction of sp³-hybridized carbons (Fsp3) is 0.786. The molecule has 0 aliphatic heterocycles. The molecular weight excluding hydrogens is 244 g/mol. The van der Waals surface area contributed by atoms with Crippen molar-refractivity contribution in [2.45, 2.75) is 58.0 Å². The van der Waals surface area contributed by atoms with Crippen molar-refractivity contribution in [3.05, 3.63) is 16.1 Å². The van der Waals surface area contributed by atoms with Crippen LogP contribution in [0.2, 0.25) is 0 Å². The van der Waals surface area contributed by atoms with Crippen molar-refractivity contribution in [1.82, 2.24) is 10.3 Å². The molecule has 0 bridgehead atoms. The molecule has 1 aromatic heterocycles. The quantitative estimate of drug-likeness (QED) is 0.834. The van der Waals surface area contributed by atoms with Crippen molar-refractivity contribution < 1.29 is 5.11 Å². The van der Waals surface area contributed by atoms with Gasteiger partial charge in [0, 0.05) is 36.2 Å². The molecule has 1 aliphatic carbocycles. The van der Waals surface area contributed by atoms with E-state index in [9.17, 15) is 0 Å². The minimum Gasteiger partial charge on any atom is -0.396 e. The molecule has 18 heavy (non-hydrogen) atoms. The van der Waals surface area contributed by atoms with Gasteiger partial charge in [0.1, 0.15) is 0 Å². The van der Waals surface area contributed by atoms with Crippen molar-refractivity contribution in [3.8, 4) is 0 Å². The van der Waals surface area contributed by atoms with Crippen LogP contribution in [0.15, 0.2) is 6.20 Å². The average molecular weight is 268 g/mol. The van der Waals surface area contributed by atoms with Crippen LogP contribution in [0.4, 0.5) is 0 Å². The summed E-state index contributed by atoms with van der Waals surface area (Å²) >= 11 is 1.86. The highest BCUT2D eigenvalue weighted by atomic mass is 32.1. The maximum absolute atomic E-state index is 9.10. The molecule has 2 atom stereocenters. The van der Waals surface area contributed by atoms with E-state index in [4.69, 9.17) is 5.11 Å². The van der Waals surface area contributed by atoms with Gasteiger partial charge in [-0.3, -0.25) is 0 Å². The number of aliphatic hydroxyl groups excluding tert-OH is 1. The second-order valence-electron chi connectivity index (χ2n) is 5.48. The molecule has 0 saturated heterocycles. The molecule has 2 N–H and O–H groups in total. The van der Waals surface area contributed by atoms with Gasteiger partial charge in [-0.15, -0.1) is 11.3 Å². The third-order valence-corrected chi connectivity index (χ3v) is 5.18. The van der Waals surface area contributed by atoms with Gasteiger partial charge < -0.3 is 10.4 Å². The summed E-state index contributed by atoms with van der Waals surface area (Å²) in [6, 6.07) is 0.340. The third-order valence-electron chi connectivity index (χ3n) is 4.02. The van der Waals surface area contributed by atoms with Crippen LogP contribution in [0.3, 0.4) is 0 Å². The molecule has 0 amide bonds. The molecular formula is C14H24N2OS. The van der Waals surface area contributed by atoms with Gasteiger partial charge >= 0.3 is 0 Å². The van der Waals surface area contributed by atoms with Crippen LogP contribution in [0, 0.1) is 5.92 Å². The van der Waals surface area contributed by atoms with E-state index in [1.807, 2.05) is 17.5 Å². The molecule has 0 radical (unpaired) electrons. The second kappa shape index (κ2) is 6.64. The number of hydrogen-bond donors (Lipinski definition) is 2. The minimum atomic E-state index is 0.240. The summed E-state index contributed by atoms with van der Waals surface area (Å²) < 4.78 is 0. The lowest BCUT2D eigenvalue weighted by Gasteiger charge is -2.18. The number of hydrogen-bond acceptors (Lipinski definition) is 4. The second-order valence-corrected chi connectivity index (χ2v) is 6.62. The number of nitrogens with zero attached hydrogens (tertiary/aromatic N) is 1. The Balaban J connectivity index is 1.83. The first-order chi connectivity index (χ1) is 8.70. The lowest BCUT2D eigenvalue weighted by Crippen LogP contribution is -2.33. The van der Waals surface area contributed by atoms with Gasteiger partial charge in [0.25, 0.3) is 0 Å². The van der Waals surface area contributed by atoms with E-state index in [-0.39, 0.29) is 6.61 Å². The number of aliphatic hydroxyl groups is 1. The highest BCUT2D eigenvalue weighted by Gasteiger charge is 2.20. The standard InChI is InChI=1S/C14H24N2OS/c1-10(9-17)11(2)15-7-13-8-16-14(18-13)12-5-3-4-6-12/h8,10-12,15,17H,3-7,9H2,1-2H3. The number of rotatable bonds is 6. The van der Waals surface area contributed by atoms with Gasteiger partial charge in [-0.25, -0.2) is 4.98 Å². The Bertz CT molecular complexity index is 360. The summed E-state index contributed by atoms with van der Waals surface area (Å²) in [7, 11) is 0. The largest absolute Gasteiger partial charge is 0.396 e. The van der Waals surface area contributed by atoms with Crippen LogP contribution in [0.1, 0.15) is 55.3 Å². The Labute approximate surface area is 114 Å². The first-order valence-corrected chi connectivity index (χ1v) is 7.81. The van der Waals surface area contributed by atoms with Gasteiger partial charge in [-0.1, -0.05) is 19.8 Å². The summed E-state index contributed by atoms with van der Waals surface area (Å²) in [6.45, 7) is 5.30. The zero-order valence-electron chi connectivity index (χ0n) is 11.4. The van der Waals surface area contributed by atoms with E-state index in [1.165, 1.54) is 35.6 Å². The first kappa shape index (κ1) is 14.0. The highest BCUT2D eigenvalue weighted by molar-refractivity contribution is 7.11. The Hall–Kier alpha value is -0.450. The smallest absolute Gasteiger partial charge is 0.0959 e. The SMILES string of the molecule is CC(CO)C(C)NCc1cnc(C2CCCC2)s1. The van der Waals surface area contributed by atoms with Gasteiger partial charge in [0.2, 0.25) is 0 Å². The predicted molar refractivity (Wildman–Crippen MR) is 75.9 cm³/mol. The van der Waals surface area contributed by atoms with Gasteiger partial charge in [0.15, 0.2) is 0 Å². The summed E-state index contributed by atoms with van der Waals surface area (Å²) in [6.07, 6.45) is 7.38. The number of nitrogens with one attached hydrogen (secondary N) is 1. The lowest BCUT2D eigenvalue weighted by atomic mass is 10.1. The topological polar surface area (TPSA) is 45.1 Å². The minimum absolute atomic E-state index is 0.240. The zero-order chi connectivity index (χ0) is 13.0. The molecule has 3 nitrogen and oxygen atoms in total. The molecule has 1 fully saturated rings. The normalized spacial score (nSPS) is 20.2. The molecule has 0 aromatic carbocycles. The number of aromatic nitrogens is 1. The van der Waals surface area contributed by atoms with Crippen LogP contribution in [0.25, 0.3) is 0 Å². The Morgan fingerprint density at radius 3 is 2.83 bits per heavy atom. The third kappa shape index (κ3) is 3.53. The Morgan fingerprint density at radius 2 is 2.17 bits per heavy atom. The Morgan fingerprint density at radius 1 is 1.44 bits per heavy atom. The molecule has 2 unspecified atom stereocenters. The van der Waals surface area contributed by atoms with Crippen molar-refractivity contribution in [1.29, 1.82) is 0 Å². The van der Waals surface area contributed by atoms with Crippen LogP contribution in [-0.4, -0.2) is 22.7 Å². The molecule has 2 rings (SSSR count). The van der Waals surface area contributed by atoms with Gasteiger partial charge in [0.05, 0.1) is 5.01 Å². The van der Waals surface area contributed by atoms with Crippen molar-refractivity contribution in [2.24, 2.45) is 5.92 Å². The Kier molecular flexibility index (Phi) is 5.15. The maximum atomic E-state index is 9.10. The zero-order valence-corrected chi connectivity index (χ0v) is 12.2. The van der Waals surface area contributed by atoms with Crippen molar-refractivity contribution >= 4 is 11.3 Å². The monoisotopic (exact) mass is 268 g/mol. The predicted octanol–water partition coefficient (Wildman–Crippen LogP) is 2.91. The molecule has 4 heteroatoms. The van der Waals surface area contributed by atoms with Crippen molar-refractivity contribution in [3.63, 3.8) is 0 Å². The van der Waals surface area contributed by atoms with Crippen LogP contribution in [-0.2, 0) is 6.54 Å². The van der Waals surface area contributed by atoms with E-state index in [1.54, 1.807) is 0 Å². The van der Waals surface area contributed by atoms with Crippen molar-refractivity contribution in [2.75, 3.05) is 6.61 Å². The van der Waals surface area contributed by atoms with E-state index < -0.39 is 0 Å². The molecule has 1 aliphatic rings. The van der Waals surface area contributed by atoms with Gasteiger partial charge in [-0.05, 0) is 25.7 Å². The fourth-order valence-electron chi connectivity index (χ4n) is 2.39. The first-order valence-electron chi connectivity index (χ1n) is 6.99. The highest BCUT2D eigenvalue weighted by Crippen LogP contribution is 2.35. The van der Waals surface area contributed by atoms with Crippen LogP contribution >= 0.6 is 11.3 Å². The van der Waals surface area contributed by atoms with E-state index in [0.717, 1.165) is 12.5 Å². The van der Waals surface area contributed by atoms with E-state index in [0.29, 0.717) is 12.0 Å². The molecule has 1 heterocycles. The molecule has 102 valence electrons. The molecule has 1 saturated carbocycles. The average Bonchev–Trinajstić information content (AvgIpc) is 3.04.